The fourth-order valence-corrected chi connectivity index (χ4v) is 2.77. The van der Waals surface area contributed by atoms with Crippen molar-refractivity contribution in [2.24, 2.45) is 5.92 Å². The molecule has 1 aliphatic heterocycles. The Morgan fingerprint density at radius 1 is 1.29 bits per heavy atom. The van der Waals surface area contributed by atoms with Crippen LogP contribution in [0.4, 0.5) is 8.78 Å². The molecule has 1 amide bonds. The van der Waals surface area contributed by atoms with E-state index >= 15 is 0 Å². The number of ether oxygens (including phenoxy) is 3. The monoisotopic (exact) mass is 343 g/mol. The number of methoxy groups -OCH3 is 1. The molecule has 1 saturated heterocycles. The summed E-state index contributed by atoms with van der Waals surface area (Å²) < 4.78 is 39.8. The van der Waals surface area contributed by atoms with Gasteiger partial charge in [-0.3, -0.25) is 4.79 Å². The van der Waals surface area contributed by atoms with Gasteiger partial charge in [0.2, 0.25) is 0 Å². The molecule has 1 aliphatic rings. The van der Waals surface area contributed by atoms with Gasteiger partial charge in [-0.1, -0.05) is 0 Å². The highest BCUT2D eigenvalue weighted by Crippen LogP contribution is 2.30. The second-order valence-electron chi connectivity index (χ2n) is 5.64. The zero-order valence-corrected chi connectivity index (χ0v) is 14.0. The van der Waals surface area contributed by atoms with Gasteiger partial charge in [-0.2, -0.15) is 8.78 Å². The third-order valence-electron chi connectivity index (χ3n) is 4.09. The Kier molecular flexibility index (Phi) is 6.78. The van der Waals surface area contributed by atoms with Crippen LogP contribution in [0.1, 0.15) is 30.1 Å². The first-order valence-corrected chi connectivity index (χ1v) is 8.05. The highest BCUT2D eigenvalue weighted by Gasteiger charge is 2.24. The van der Waals surface area contributed by atoms with Gasteiger partial charge in [-0.25, -0.2) is 0 Å². The molecule has 2 rings (SSSR count). The van der Waals surface area contributed by atoms with Crippen LogP contribution in [0.5, 0.6) is 11.5 Å². The van der Waals surface area contributed by atoms with Gasteiger partial charge in [0.15, 0.2) is 11.5 Å². The van der Waals surface area contributed by atoms with E-state index in [0.717, 1.165) is 12.8 Å². The SMILES string of the molecule is CCOCC1CCN(C(=O)c2ccc(OC)c(OC(F)F)c2)CC1. The van der Waals surface area contributed by atoms with E-state index in [1.807, 2.05) is 6.92 Å². The van der Waals surface area contributed by atoms with Crippen LogP contribution in [-0.2, 0) is 4.74 Å². The molecule has 0 N–H and O–H groups in total. The minimum absolute atomic E-state index is 0.135. The van der Waals surface area contributed by atoms with Gasteiger partial charge < -0.3 is 19.1 Å². The van der Waals surface area contributed by atoms with E-state index in [4.69, 9.17) is 9.47 Å². The Balaban J connectivity index is 2.02. The third kappa shape index (κ3) is 4.80. The zero-order chi connectivity index (χ0) is 17.5. The predicted molar refractivity (Wildman–Crippen MR) is 84.7 cm³/mol. The van der Waals surface area contributed by atoms with Gasteiger partial charge in [0.1, 0.15) is 0 Å². The first kappa shape index (κ1) is 18.4. The van der Waals surface area contributed by atoms with Gasteiger partial charge in [-0.15, -0.1) is 0 Å². The van der Waals surface area contributed by atoms with Crippen LogP contribution in [0.3, 0.4) is 0 Å². The largest absolute Gasteiger partial charge is 0.493 e. The number of halogens is 2. The van der Waals surface area contributed by atoms with Gasteiger partial charge in [0.25, 0.3) is 5.91 Å². The summed E-state index contributed by atoms with van der Waals surface area (Å²) in [5.74, 6) is 0.307. The third-order valence-corrected chi connectivity index (χ3v) is 4.09. The van der Waals surface area contributed by atoms with Crippen LogP contribution in [0.25, 0.3) is 0 Å². The highest BCUT2D eigenvalue weighted by molar-refractivity contribution is 5.95. The van der Waals surface area contributed by atoms with Crippen LogP contribution in [0, 0.1) is 5.92 Å². The van der Waals surface area contributed by atoms with Crippen molar-refractivity contribution in [3.05, 3.63) is 23.8 Å². The van der Waals surface area contributed by atoms with Gasteiger partial charge in [0, 0.05) is 31.9 Å². The lowest BCUT2D eigenvalue weighted by Gasteiger charge is -2.32. The van der Waals surface area contributed by atoms with Crippen molar-refractivity contribution in [1.29, 1.82) is 0 Å². The fourth-order valence-electron chi connectivity index (χ4n) is 2.77. The Labute approximate surface area is 140 Å². The first-order chi connectivity index (χ1) is 11.5. The molecule has 1 aromatic carbocycles. The predicted octanol–water partition coefficient (Wildman–Crippen LogP) is 3.19. The minimum atomic E-state index is -2.97. The van der Waals surface area contributed by atoms with Crippen molar-refractivity contribution in [2.45, 2.75) is 26.4 Å². The maximum absolute atomic E-state index is 12.6. The van der Waals surface area contributed by atoms with E-state index in [1.54, 1.807) is 11.0 Å². The molecule has 1 aromatic rings. The molecule has 0 spiro atoms. The molecule has 0 radical (unpaired) electrons. The van der Waals surface area contributed by atoms with Gasteiger partial charge in [0.05, 0.1) is 7.11 Å². The number of rotatable bonds is 7. The Bertz CT molecular complexity index is 545. The standard InChI is InChI=1S/C17H23F2NO4/c1-3-23-11-12-6-8-20(9-7-12)16(21)13-4-5-14(22-2)15(10-13)24-17(18)19/h4-5,10,12,17H,3,6-9,11H2,1-2H3. The molecule has 134 valence electrons. The maximum atomic E-state index is 12.6. The van der Waals surface area contributed by atoms with Crippen LogP contribution < -0.4 is 9.47 Å². The van der Waals surface area contributed by atoms with Crippen molar-refractivity contribution in [2.75, 3.05) is 33.4 Å². The van der Waals surface area contributed by atoms with Crippen LogP contribution >= 0.6 is 0 Å². The summed E-state index contributed by atoms with van der Waals surface area (Å²) in [6.45, 7) is 1.66. The average Bonchev–Trinajstić information content (AvgIpc) is 2.59. The number of nitrogens with zero attached hydrogens (tertiary/aromatic N) is 1. The Morgan fingerprint density at radius 3 is 2.58 bits per heavy atom. The number of amides is 1. The molecule has 0 unspecified atom stereocenters. The van der Waals surface area contributed by atoms with Crippen LogP contribution in [0.2, 0.25) is 0 Å². The normalized spacial score (nSPS) is 15.6. The number of carbonyl (C=O) groups excluding carboxylic acids is 1. The number of likely N-dealkylation sites (tertiary alicyclic amines) is 1. The molecule has 0 aromatic heterocycles. The van der Waals surface area contributed by atoms with Crippen molar-refractivity contribution in [3.8, 4) is 11.5 Å². The minimum Gasteiger partial charge on any atom is -0.493 e. The number of alkyl halides is 2. The number of benzene rings is 1. The van der Waals surface area contributed by atoms with Crippen molar-refractivity contribution >= 4 is 5.91 Å². The van der Waals surface area contributed by atoms with Crippen LogP contribution in [0.15, 0.2) is 18.2 Å². The van der Waals surface area contributed by atoms with Gasteiger partial charge >= 0.3 is 6.61 Å². The number of hydrogen-bond acceptors (Lipinski definition) is 4. The summed E-state index contributed by atoms with van der Waals surface area (Å²) in [5.41, 5.74) is 0.315. The van der Waals surface area contributed by atoms with E-state index in [1.165, 1.54) is 19.2 Å². The summed E-state index contributed by atoms with van der Waals surface area (Å²) in [6.07, 6.45) is 1.75. The van der Waals surface area contributed by atoms with Gasteiger partial charge in [-0.05, 0) is 43.9 Å². The lowest BCUT2D eigenvalue weighted by atomic mass is 9.97. The summed E-state index contributed by atoms with van der Waals surface area (Å²) in [7, 11) is 1.36. The summed E-state index contributed by atoms with van der Waals surface area (Å²) in [6, 6.07) is 4.33. The van der Waals surface area contributed by atoms with Crippen molar-refractivity contribution in [1.82, 2.24) is 4.90 Å². The molecule has 24 heavy (non-hydrogen) atoms. The Morgan fingerprint density at radius 2 is 2.00 bits per heavy atom. The maximum Gasteiger partial charge on any atom is 0.387 e. The van der Waals surface area contributed by atoms with Crippen LogP contribution in [-0.4, -0.2) is 50.8 Å². The Hall–Kier alpha value is -1.89. The van der Waals surface area contributed by atoms with Crippen molar-refractivity contribution < 1.29 is 27.8 Å². The van der Waals surface area contributed by atoms with E-state index in [2.05, 4.69) is 4.74 Å². The molecule has 0 aliphatic carbocycles. The molecule has 0 saturated carbocycles. The topological polar surface area (TPSA) is 48.0 Å². The summed E-state index contributed by atoms with van der Waals surface area (Å²) in [5, 5.41) is 0. The zero-order valence-electron chi connectivity index (χ0n) is 14.0. The molecule has 7 heteroatoms. The lowest BCUT2D eigenvalue weighted by molar-refractivity contribution is -0.0512. The summed E-state index contributed by atoms with van der Waals surface area (Å²) in [4.78, 5) is 14.3. The van der Waals surface area contributed by atoms with E-state index in [0.29, 0.717) is 37.8 Å². The number of piperidine rings is 1. The van der Waals surface area contributed by atoms with E-state index in [-0.39, 0.29) is 17.4 Å². The molecule has 1 heterocycles. The lowest BCUT2D eigenvalue weighted by Crippen LogP contribution is -2.39. The second-order valence-corrected chi connectivity index (χ2v) is 5.64. The fraction of sp³-hybridized carbons (Fsp3) is 0.588. The summed E-state index contributed by atoms with van der Waals surface area (Å²) >= 11 is 0. The quantitative estimate of drug-likeness (QED) is 0.763. The molecule has 0 atom stereocenters. The number of carbonyl (C=O) groups is 1. The number of hydrogen-bond donors (Lipinski definition) is 0. The van der Waals surface area contributed by atoms with E-state index in [9.17, 15) is 13.6 Å². The first-order valence-electron chi connectivity index (χ1n) is 8.05. The highest BCUT2D eigenvalue weighted by atomic mass is 19.3. The smallest absolute Gasteiger partial charge is 0.387 e. The average molecular weight is 343 g/mol. The molecular weight excluding hydrogens is 320 g/mol. The van der Waals surface area contributed by atoms with Crippen molar-refractivity contribution in [3.63, 3.8) is 0 Å². The molecular formula is C17H23F2NO4. The second kappa shape index (κ2) is 8.82. The molecule has 0 bridgehead atoms. The molecule has 5 nitrogen and oxygen atoms in total. The molecule has 1 fully saturated rings. The van der Waals surface area contributed by atoms with E-state index < -0.39 is 6.61 Å².